The second-order valence-electron chi connectivity index (χ2n) is 7.35. The van der Waals surface area contributed by atoms with Gasteiger partial charge in [-0.2, -0.15) is 5.10 Å². The number of carbonyl (C=O) groups is 2. The van der Waals surface area contributed by atoms with Gasteiger partial charge in [-0.05, 0) is 60.5 Å². The zero-order valence-corrected chi connectivity index (χ0v) is 19.6. The number of aryl methyl sites for hydroxylation is 1. The third kappa shape index (κ3) is 5.44. The summed E-state index contributed by atoms with van der Waals surface area (Å²) < 4.78 is 11.5. The van der Waals surface area contributed by atoms with Gasteiger partial charge in [-0.3, -0.25) is 9.59 Å². The Hall–Kier alpha value is -4.11. The lowest BCUT2D eigenvalue weighted by atomic mass is 10.1. The number of hydrazone groups is 1. The minimum Gasteiger partial charge on any atom is -0.507 e. The van der Waals surface area contributed by atoms with E-state index in [9.17, 15) is 14.7 Å². The lowest BCUT2D eigenvalue weighted by Crippen LogP contribution is -2.32. The van der Waals surface area contributed by atoms with Crippen LogP contribution in [-0.4, -0.2) is 29.9 Å². The molecule has 1 aliphatic heterocycles. The summed E-state index contributed by atoms with van der Waals surface area (Å²) in [5.41, 5.74) is 4.45. The molecule has 4 rings (SSSR count). The molecule has 9 heteroatoms. The van der Waals surface area contributed by atoms with Gasteiger partial charge in [0.15, 0.2) is 11.5 Å². The first-order valence-corrected chi connectivity index (χ1v) is 11.0. The SMILES string of the molecule is Cc1cc(Br)cc(C=NNC(=O)C(=Cc2ccc3c(c2)OCO3)NC(=O)c2ccccc2)c1O. The Morgan fingerprint density at radius 1 is 1.06 bits per heavy atom. The van der Waals surface area contributed by atoms with E-state index in [1.807, 2.05) is 0 Å². The van der Waals surface area contributed by atoms with Gasteiger partial charge >= 0.3 is 0 Å². The van der Waals surface area contributed by atoms with Crippen LogP contribution in [0.15, 0.2) is 75.9 Å². The fourth-order valence-electron chi connectivity index (χ4n) is 3.19. The Labute approximate surface area is 204 Å². The maximum atomic E-state index is 12.9. The van der Waals surface area contributed by atoms with Crippen LogP contribution in [0.4, 0.5) is 0 Å². The molecule has 0 aromatic heterocycles. The number of nitrogens with one attached hydrogen (secondary N) is 2. The van der Waals surface area contributed by atoms with Crippen LogP contribution >= 0.6 is 15.9 Å². The Kier molecular flexibility index (Phi) is 6.93. The van der Waals surface area contributed by atoms with Crippen LogP contribution in [0, 0.1) is 6.92 Å². The maximum absolute atomic E-state index is 12.9. The second kappa shape index (κ2) is 10.2. The van der Waals surface area contributed by atoms with Crippen LogP contribution < -0.4 is 20.2 Å². The maximum Gasteiger partial charge on any atom is 0.287 e. The molecule has 0 atom stereocenters. The van der Waals surface area contributed by atoms with E-state index in [0.717, 1.165) is 4.47 Å². The lowest BCUT2D eigenvalue weighted by Gasteiger charge is -2.10. The van der Waals surface area contributed by atoms with Crippen LogP contribution in [0.5, 0.6) is 17.2 Å². The van der Waals surface area contributed by atoms with Crippen molar-refractivity contribution in [3.8, 4) is 17.2 Å². The van der Waals surface area contributed by atoms with E-state index in [-0.39, 0.29) is 18.2 Å². The molecule has 0 fully saturated rings. The van der Waals surface area contributed by atoms with Crippen LogP contribution in [0.2, 0.25) is 0 Å². The number of aromatic hydroxyl groups is 1. The van der Waals surface area contributed by atoms with Gasteiger partial charge in [-0.1, -0.05) is 40.2 Å². The fourth-order valence-corrected chi connectivity index (χ4v) is 3.78. The number of fused-ring (bicyclic) bond motifs is 1. The number of amides is 2. The number of phenols is 1. The highest BCUT2D eigenvalue weighted by Gasteiger charge is 2.17. The number of rotatable bonds is 6. The molecule has 0 aliphatic carbocycles. The quantitative estimate of drug-likeness (QED) is 0.257. The molecule has 0 saturated carbocycles. The van der Waals surface area contributed by atoms with E-state index >= 15 is 0 Å². The molecule has 34 heavy (non-hydrogen) atoms. The topological polar surface area (TPSA) is 109 Å². The van der Waals surface area contributed by atoms with Gasteiger partial charge in [0, 0.05) is 15.6 Å². The highest BCUT2D eigenvalue weighted by Crippen LogP contribution is 2.33. The smallest absolute Gasteiger partial charge is 0.287 e. The Morgan fingerprint density at radius 2 is 1.82 bits per heavy atom. The molecule has 2 amide bonds. The second-order valence-corrected chi connectivity index (χ2v) is 8.27. The van der Waals surface area contributed by atoms with E-state index < -0.39 is 11.8 Å². The predicted octanol–water partition coefficient (Wildman–Crippen LogP) is 4.11. The molecule has 0 unspecified atom stereocenters. The van der Waals surface area contributed by atoms with Gasteiger partial charge in [0.25, 0.3) is 11.8 Å². The summed E-state index contributed by atoms with van der Waals surface area (Å²) in [7, 11) is 0. The van der Waals surface area contributed by atoms with Gasteiger partial charge in [0.1, 0.15) is 11.4 Å². The van der Waals surface area contributed by atoms with Crippen molar-refractivity contribution in [2.75, 3.05) is 6.79 Å². The lowest BCUT2D eigenvalue weighted by molar-refractivity contribution is -0.117. The van der Waals surface area contributed by atoms with Crippen molar-refractivity contribution < 1.29 is 24.2 Å². The van der Waals surface area contributed by atoms with E-state index in [1.54, 1.807) is 67.6 Å². The minimum atomic E-state index is -0.649. The summed E-state index contributed by atoms with van der Waals surface area (Å²) >= 11 is 3.36. The summed E-state index contributed by atoms with van der Waals surface area (Å²) in [6.45, 7) is 1.87. The normalized spacial score (nSPS) is 12.6. The molecule has 0 spiro atoms. The molecule has 1 heterocycles. The first-order chi connectivity index (χ1) is 16.4. The third-order valence-corrected chi connectivity index (χ3v) is 5.36. The molecule has 0 radical (unpaired) electrons. The van der Waals surface area contributed by atoms with Crippen LogP contribution in [0.1, 0.15) is 27.0 Å². The summed E-state index contributed by atoms with van der Waals surface area (Å²) in [4.78, 5) is 25.6. The Balaban J connectivity index is 1.58. The molecule has 8 nitrogen and oxygen atoms in total. The van der Waals surface area contributed by atoms with Crippen molar-refractivity contribution in [2.45, 2.75) is 6.92 Å². The number of benzene rings is 3. The van der Waals surface area contributed by atoms with Gasteiger partial charge in [-0.25, -0.2) is 5.43 Å². The molecule has 3 aromatic rings. The molecule has 3 aromatic carbocycles. The number of nitrogens with zero attached hydrogens (tertiary/aromatic N) is 1. The predicted molar refractivity (Wildman–Crippen MR) is 131 cm³/mol. The van der Waals surface area contributed by atoms with Gasteiger partial charge in [-0.15, -0.1) is 0 Å². The van der Waals surface area contributed by atoms with Crippen molar-refractivity contribution >= 4 is 40.0 Å². The van der Waals surface area contributed by atoms with Crippen molar-refractivity contribution in [3.63, 3.8) is 0 Å². The highest BCUT2D eigenvalue weighted by molar-refractivity contribution is 9.10. The number of hydrogen-bond acceptors (Lipinski definition) is 6. The van der Waals surface area contributed by atoms with Gasteiger partial charge in [0.05, 0.1) is 6.21 Å². The first-order valence-electron chi connectivity index (χ1n) is 10.2. The molecule has 1 aliphatic rings. The number of ether oxygens (including phenoxy) is 2. The first kappa shape index (κ1) is 23.1. The highest BCUT2D eigenvalue weighted by atomic mass is 79.9. The van der Waals surface area contributed by atoms with Crippen LogP contribution in [-0.2, 0) is 4.79 Å². The third-order valence-electron chi connectivity index (χ3n) is 4.90. The minimum absolute atomic E-state index is 0.0282. The summed E-state index contributed by atoms with van der Waals surface area (Å²) in [6.07, 6.45) is 2.83. The number of halogens is 1. The zero-order valence-electron chi connectivity index (χ0n) is 18.0. The molecule has 0 saturated heterocycles. The van der Waals surface area contributed by atoms with E-state index in [0.29, 0.717) is 33.8 Å². The Morgan fingerprint density at radius 3 is 2.62 bits per heavy atom. The molecule has 0 bridgehead atoms. The molecule has 172 valence electrons. The summed E-state index contributed by atoms with van der Waals surface area (Å²) in [6, 6.07) is 17.1. The fraction of sp³-hybridized carbons (Fsp3) is 0.0800. The van der Waals surface area contributed by atoms with Crippen molar-refractivity contribution in [3.05, 3.63) is 93.1 Å². The van der Waals surface area contributed by atoms with E-state index in [4.69, 9.17) is 9.47 Å². The average Bonchev–Trinajstić information content (AvgIpc) is 3.30. The largest absolute Gasteiger partial charge is 0.507 e. The monoisotopic (exact) mass is 521 g/mol. The van der Waals surface area contributed by atoms with Gasteiger partial charge in [0.2, 0.25) is 6.79 Å². The van der Waals surface area contributed by atoms with Crippen LogP contribution in [0.25, 0.3) is 6.08 Å². The molecular formula is C25H20BrN3O5. The van der Waals surface area contributed by atoms with Crippen molar-refractivity contribution in [2.24, 2.45) is 5.10 Å². The van der Waals surface area contributed by atoms with Crippen molar-refractivity contribution in [1.82, 2.24) is 10.7 Å². The van der Waals surface area contributed by atoms with Gasteiger partial charge < -0.3 is 19.9 Å². The average molecular weight is 522 g/mol. The van der Waals surface area contributed by atoms with E-state index in [2.05, 4.69) is 31.8 Å². The van der Waals surface area contributed by atoms with Crippen molar-refractivity contribution in [1.29, 1.82) is 0 Å². The number of hydrogen-bond donors (Lipinski definition) is 3. The zero-order chi connectivity index (χ0) is 24.1. The Bertz CT molecular complexity index is 1310. The standard InChI is InChI=1S/C25H20BrN3O5/c1-15-9-19(26)12-18(23(15)30)13-27-29-25(32)20(28-24(31)17-5-3-2-4-6-17)10-16-7-8-21-22(11-16)34-14-33-21/h2-13,30H,14H2,1H3,(H,28,31)(H,29,32). The number of carbonyl (C=O) groups excluding carboxylic acids is 2. The summed E-state index contributed by atoms with van der Waals surface area (Å²) in [5, 5.41) is 16.8. The summed E-state index contributed by atoms with van der Waals surface area (Å²) in [5.74, 6) is 0.0951. The van der Waals surface area contributed by atoms with Crippen LogP contribution in [0.3, 0.4) is 0 Å². The number of phenolic OH excluding ortho intramolecular Hbond substituents is 1. The molecular weight excluding hydrogens is 502 g/mol. The van der Waals surface area contributed by atoms with E-state index in [1.165, 1.54) is 12.3 Å². The molecule has 3 N–H and O–H groups in total.